The van der Waals surface area contributed by atoms with Crippen molar-refractivity contribution in [3.63, 3.8) is 0 Å². The van der Waals surface area contributed by atoms with Gasteiger partial charge in [0.25, 0.3) is 0 Å². The number of carbonyl (C=O) groups excluding carboxylic acids is 1. The summed E-state index contributed by atoms with van der Waals surface area (Å²) in [6, 6.07) is 0. The van der Waals surface area contributed by atoms with Gasteiger partial charge in [0.1, 0.15) is 0 Å². The third kappa shape index (κ3) is 19.9. The first kappa shape index (κ1) is 15.7. The van der Waals surface area contributed by atoms with Crippen molar-refractivity contribution in [2.24, 2.45) is 0 Å². The second kappa shape index (κ2) is 9.94. The molecule has 0 aliphatic rings. The normalized spacial score (nSPS) is 5.29. The molecule has 5 heteroatoms. The predicted molar refractivity (Wildman–Crippen MR) is 21.5 cm³/mol. The van der Waals surface area contributed by atoms with Crippen LogP contribution in [0.5, 0.6) is 0 Å². The van der Waals surface area contributed by atoms with Gasteiger partial charge in [-0.25, -0.2) is 0 Å². The van der Waals surface area contributed by atoms with Crippen LogP contribution >= 0.6 is 11.6 Å². The molecule has 38 valence electrons. The molecule has 0 bridgehead atoms. The van der Waals surface area contributed by atoms with Crippen molar-refractivity contribution in [3.8, 4) is 0 Å². The van der Waals surface area contributed by atoms with E-state index in [0.717, 1.165) is 0 Å². The van der Waals surface area contributed by atoms with Crippen molar-refractivity contribution in [2.45, 2.75) is 0 Å². The van der Waals surface area contributed by atoms with Gasteiger partial charge in [0, 0.05) is 0 Å². The molecule has 0 unspecified atom stereocenters. The fourth-order valence-electron chi connectivity index (χ4n) is 0. The van der Waals surface area contributed by atoms with E-state index >= 15 is 0 Å². The molecule has 0 aromatic heterocycles. The number of rotatable bonds is 1. The summed E-state index contributed by atoms with van der Waals surface area (Å²) in [4.78, 5) is 9.12. The van der Waals surface area contributed by atoms with Crippen LogP contribution in [0.3, 0.4) is 0 Å². The van der Waals surface area contributed by atoms with E-state index in [9.17, 15) is 0 Å². The van der Waals surface area contributed by atoms with Crippen LogP contribution < -0.4 is 17.5 Å². The summed E-state index contributed by atoms with van der Waals surface area (Å²) in [6.07, 6.45) is 0. The van der Waals surface area contributed by atoms with Crippen molar-refractivity contribution in [1.29, 1.82) is 0 Å². The average molecular weight is 153 g/mol. The van der Waals surface area contributed by atoms with Crippen LogP contribution in [0.25, 0.3) is 0 Å². The Morgan fingerprint density at radius 3 is 1.86 bits per heavy atom. The molecule has 0 saturated heterocycles. The van der Waals surface area contributed by atoms with E-state index in [4.69, 9.17) is 9.90 Å². The Bertz CT molecular complexity index is 49.0. The molecular weight excluding hydrogens is 151 g/mol. The Labute approximate surface area is 68.8 Å². The predicted octanol–water partition coefficient (Wildman–Crippen LogP) is -4.40. The van der Waals surface area contributed by atoms with Gasteiger partial charge in [-0.15, -0.1) is 11.6 Å². The van der Waals surface area contributed by atoms with Gasteiger partial charge in [-0.05, 0) is 0 Å². The molecule has 0 spiro atoms. The maximum Gasteiger partial charge on any atom is 2.00 e. The summed E-state index contributed by atoms with van der Waals surface area (Å²) >= 11 is 4.67. The van der Waals surface area contributed by atoms with Gasteiger partial charge in [-0.3, -0.25) is 0 Å². The molecule has 0 atom stereocenters. The molecule has 2 nitrogen and oxygen atoms in total. The topological polar surface area (TPSA) is 40.1 Å². The minimum atomic E-state index is -1.23. The fourth-order valence-corrected chi connectivity index (χ4v) is 0. The summed E-state index contributed by atoms with van der Waals surface area (Å²) in [5.74, 6) is -1.65. The molecule has 0 aromatic rings. The van der Waals surface area contributed by atoms with E-state index in [1.807, 2.05) is 0 Å². The number of aliphatic carboxylic acids is 1. The molecule has 0 aliphatic heterocycles. The Kier molecular flexibility index (Phi) is 22.2. The Hall–Kier alpha value is 0.816. The van der Waals surface area contributed by atoms with Gasteiger partial charge >= 0.3 is 23.1 Å². The van der Waals surface area contributed by atoms with Crippen LogP contribution in [0.15, 0.2) is 0 Å². The second-order valence-corrected chi connectivity index (χ2v) is 0.773. The van der Waals surface area contributed by atoms with Crippen LogP contribution in [-0.2, 0) is 4.79 Å². The zero-order valence-corrected chi connectivity index (χ0v) is 6.41. The summed E-state index contributed by atoms with van der Waals surface area (Å²) in [5.41, 5.74) is 0. The van der Waals surface area contributed by atoms with Crippen LogP contribution in [0.2, 0.25) is 0 Å². The molecule has 0 fully saturated rings. The maximum atomic E-state index is 9.12. The molecule has 0 amide bonds. The Balaban J connectivity index is -0.0000000800. The van der Waals surface area contributed by atoms with Crippen molar-refractivity contribution in [2.75, 3.05) is 5.88 Å². The maximum absolute atomic E-state index is 9.12. The first-order valence-electron chi connectivity index (χ1n) is 1.03. The van der Waals surface area contributed by atoms with E-state index in [1.54, 1.807) is 0 Å². The van der Waals surface area contributed by atoms with Gasteiger partial charge in [0.15, 0.2) is 0 Å². The van der Waals surface area contributed by atoms with Crippen LogP contribution in [0.4, 0.5) is 0 Å². The molecular formula is C2H2Cl2MgO2. The van der Waals surface area contributed by atoms with Crippen molar-refractivity contribution >= 4 is 40.6 Å². The van der Waals surface area contributed by atoms with Gasteiger partial charge in [-0.2, -0.15) is 0 Å². The number of carboxylic acid groups (broad SMARTS) is 1. The Morgan fingerprint density at radius 1 is 1.71 bits per heavy atom. The van der Waals surface area contributed by atoms with Gasteiger partial charge in [-0.1, -0.05) is 0 Å². The standard InChI is InChI=1S/C2H3ClO2.ClH.Mg/c3-1-2(4)5;;/h1H2,(H,4,5);1H;/q;;+2/p-2. The molecule has 7 heavy (non-hydrogen) atoms. The molecule has 0 rings (SSSR count). The quantitative estimate of drug-likeness (QED) is 0.282. The first-order valence-corrected chi connectivity index (χ1v) is 1.56. The zero-order valence-electron chi connectivity index (χ0n) is 3.49. The number of carboxylic acids is 1. The van der Waals surface area contributed by atoms with E-state index in [1.165, 1.54) is 0 Å². The number of hydrogen-bond acceptors (Lipinski definition) is 2. The van der Waals surface area contributed by atoms with Gasteiger partial charge < -0.3 is 22.3 Å². The summed E-state index contributed by atoms with van der Waals surface area (Å²) in [6.45, 7) is 0. The third-order valence-electron chi connectivity index (χ3n) is 0.109. The number of hydrogen-bond donors (Lipinski definition) is 0. The molecule has 0 N–H and O–H groups in total. The van der Waals surface area contributed by atoms with Gasteiger partial charge in [0.2, 0.25) is 0 Å². The van der Waals surface area contributed by atoms with Crippen molar-refractivity contribution in [1.82, 2.24) is 0 Å². The van der Waals surface area contributed by atoms with Crippen LogP contribution in [0, 0.1) is 0 Å². The monoisotopic (exact) mass is 152 g/mol. The average Bonchev–Trinajstić information content (AvgIpc) is 1.38. The third-order valence-corrected chi connectivity index (χ3v) is 0.327. The number of alkyl halides is 1. The van der Waals surface area contributed by atoms with Crippen molar-refractivity contribution in [3.05, 3.63) is 0 Å². The minimum absolute atomic E-state index is 0. The molecule has 0 aliphatic carbocycles. The molecule has 0 saturated carbocycles. The Morgan fingerprint density at radius 2 is 1.86 bits per heavy atom. The first-order chi connectivity index (χ1) is 2.27. The largest absolute Gasteiger partial charge is 2.00 e. The minimum Gasteiger partial charge on any atom is -1.00 e. The van der Waals surface area contributed by atoms with Crippen LogP contribution in [-0.4, -0.2) is 34.9 Å². The smallest absolute Gasteiger partial charge is 1.00 e. The zero-order chi connectivity index (χ0) is 4.28. The van der Waals surface area contributed by atoms with Crippen LogP contribution in [0.1, 0.15) is 0 Å². The second-order valence-electron chi connectivity index (χ2n) is 0.506. The van der Waals surface area contributed by atoms with E-state index in [0.29, 0.717) is 0 Å². The molecule has 0 aromatic carbocycles. The van der Waals surface area contributed by atoms with E-state index < -0.39 is 11.8 Å². The van der Waals surface area contributed by atoms with E-state index in [-0.39, 0.29) is 35.5 Å². The number of halogens is 2. The fraction of sp³-hybridized carbons (Fsp3) is 0.500. The molecule has 0 heterocycles. The van der Waals surface area contributed by atoms with E-state index in [2.05, 4.69) is 11.6 Å². The van der Waals surface area contributed by atoms with Gasteiger partial charge in [0.05, 0.1) is 11.8 Å². The summed E-state index contributed by atoms with van der Waals surface area (Å²) < 4.78 is 0. The summed E-state index contributed by atoms with van der Waals surface area (Å²) in [5, 5.41) is 9.12. The molecule has 0 radical (unpaired) electrons. The summed E-state index contributed by atoms with van der Waals surface area (Å²) in [7, 11) is 0. The van der Waals surface area contributed by atoms with Crippen molar-refractivity contribution < 1.29 is 22.3 Å². The SMILES string of the molecule is O=C([O-])CCl.[Cl-].[Mg+2]. The number of carbonyl (C=O) groups is 1.